The Morgan fingerprint density at radius 1 is 1.59 bits per heavy atom. The molecule has 2 rings (SSSR count). The molecule has 1 aromatic heterocycles. The lowest BCUT2D eigenvalue weighted by molar-refractivity contribution is 0.185. The van der Waals surface area contributed by atoms with E-state index >= 15 is 0 Å². The molecule has 0 spiro atoms. The zero-order valence-corrected chi connectivity index (χ0v) is 10.1. The average Bonchev–Trinajstić information content (AvgIpc) is 2.81. The molecule has 0 aliphatic carbocycles. The van der Waals surface area contributed by atoms with Crippen molar-refractivity contribution in [2.75, 3.05) is 25.1 Å². The van der Waals surface area contributed by atoms with Crippen LogP contribution in [0.1, 0.15) is 24.1 Å². The molecule has 17 heavy (non-hydrogen) atoms. The summed E-state index contributed by atoms with van der Waals surface area (Å²) < 4.78 is 5.33. The Labute approximate surface area is 102 Å². The Morgan fingerprint density at radius 2 is 2.47 bits per heavy atom. The third-order valence-corrected chi connectivity index (χ3v) is 2.97. The molecule has 1 aliphatic rings. The van der Waals surface area contributed by atoms with Crippen molar-refractivity contribution in [3.8, 4) is 6.07 Å². The van der Waals surface area contributed by atoms with Gasteiger partial charge in [0.15, 0.2) is 0 Å². The van der Waals surface area contributed by atoms with Crippen molar-refractivity contribution < 1.29 is 4.74 Å². The van der Waals surface area contributed by atoms with Crippen molar-refractivity contribution in [2.45, 2.75) is 19.8 Å². The van der Waals surface area contributed by atoms with Crippen LogP contribution in [-0.2, 0) is 4.74 Å². The average molecular weight is 231 g/mol. The maximum absolute atomic E-state index is 8.86. The highest BCUT2D eigenvalue weighted by Gasteiger charge is 2.14. The van der Waals surface area contributed by atoms with Crippen molar-refractivity contribution in [2.24, 2.45) is 5.92 Å². The first-order valence-electron chi connectivity index (χ1n) is 5.98. The smallest absolute Gasteiger partial charge is 0.127 e. The first-order chi connectivity index (χ1) is 8.28. The van der Waals surface area contributed by atoms with Gasteiger partial charge in [0, 0.05) is 25.5 Å². The fourth-order valence-electron chi connectivity index (χ4n) is 2.04. The lowest BCUT2D eigenvalue weighted by Crippen LogP contribution is -2.10. The minimum atomic E-state index is 0.657. The molecular weight excluding hydrogens is 214 g/mol. The van der Waals surface area contributed by atoms with Gasteiger partial charge < -0.3 is 10.1 Å². The van der Waals surface area contributed by atoms with Crippen LogP contribution in [0.25, 0.3) is 0 Å². The minimum absolute atomic E-state index is 0.657. The number of anilines is 1. The second kappa shape index (κ2) is 5.65. The van der Waals surface area contributed by atoms with Gasteiger partial charge in [-0.15, -0.1) is 0 Å². The molecule has 0 amide bonds. The summed E-state index contributed by atoms with van der Waals surface area (Å²) in [7, 11) is 0. The zero-order chi connectivity index (χ0) is 12.1. The molecule has 1 atom stereocenters. The van der Waals surface area contributed by atoms with E-state index < -0.39 is 0 Å². The number of nitriles is 1. The molecule has 0 aromatic carbocycles. The summed E-state index contributed by atoms with van der Waals surface area (Å²) in [5.74, 6) is 1.46. The monoisotopic (exact) mass is 231 g/mol. The third-order valence-electron chi connectivity index (χ3n) is 2.97. The Balaban J connectivity index is 1.85. The van der Waals surface area contributed by atoms with Crippen LogP contribution in [0.4, 0.5) is 5.82 Å². The first-order valence-corrected chi connectivity index (χ1v) is 5.98. The molecule has 1 unspecified atom stereocenters. The summed E-state index contributed by atoms with van der Waals surface area (Å²) in [5.41, 5.74) is 1.53. The van der Waals surface area contributed by atoms with Gasteiger partial charge in [0.1, 0.15) is 5.82 Å². The van der Waals surface area contributed by atoms with Crippen molar-refractivity contribution in [1.82, 2.24) is 4.98 Å². The van der Waals surface area contributed by atoms with E-state index in [1.807, 2.05) is 6.92 Å². The highest BCUT2D eigenvalue weighted by atomic mass is 16.5. The first kappa shape index (κ1) is 11.9. The summed E-state index contributed by atoms with van der Waals surface area (Å²) in [4.78, 5) is 4.35. The minimum Gasteiger partial charge on any atom is -0.381 e. The molecule has 4 nitrogen and oxygen atoms in total. The zero-order valence-electron chi connectivity index (χ0n) is 10.1. The van der Waals surface area contributed by atoms with Crippen molar-refractivity contribution in [3.63, 3.8) is 0 Å². The van der Waals surface area contributed by atoms with Gasteiger partial charge in [-0.05, 0) is 37.8 Å². The highest BCUT2D eigenvalue weighted by molar-refractivity contribution is 5.44. The topological polar surface area (TPSA) is 57.9 Å². The van der Waals surface area contributed by atoms with Gasteiger partial charge in [0.05, 0.1) is 11.6 Å². The van der Waals surface area contributed by atoms with E-state index in [1.165, 1.54) is 0 Å². The Hall–Kier alpha value is -1.60. The van der Waals surface area contributed by atoms with Gasteiger partial charge in [0.25, 0.3) is 0 Å². The predicted octanol–water partition coefficient (Wildman–Crippen LogP) is 2.10. The van der Waals surface area contributed by atoms with Crippen molar-refractivity contribution in [3.05, 3.63) is 23.4 Å². The molecule has 0 saturated carbocycles. The fraction of sp³-hybridized carbons (Fsp3) is 0.538. The van der Waals surface area contributed by atoms with Crippen LogP contribution in [0, 0.1) is 24.2 Å². The normalized spacial score (nSPS) is 18.9. The standard InChI is InChI=1S/C13H17N3O/c1-10-6-12(8-14)7-13(16-10)15-4-2-11-3-5-17-9-11/h6-7,11H,2-5,9H2,1H3,(H,15,16). The molecule has 0 bridgehead atoms. The molecule has 1 N–H and O–H groups in total. The van der Waals surface area contributed by atoms with Gasteiger partial charge >= 0.3 is 0 Å². The summed E-state index contributed by atoms with van der Waals surface area (Å²) in [6.45, 7) is 4.56. The Morgan fingerprint density at radius 3 is 3.18 bits per heavy atom. The van der Waals surface area contributed by atoms with Crippen LogP contribution >= 0.6 is 0 Å². The van der Waals surface area contributed by atoms with Crippen LogP contribution < -0.4 is 5.32 Å². The number of nitrogens with zero attached hydrogens (tertiary/aromatic N) is 2. The van der Waals surface area contributed by atoms with E-state index in [9.17, 15) is 0 Å². The van der Waals surface area contributed by atoms with E-state index in [2.05, 4.69) is 16.4 Å². The third kappa shape index (κ3) is 3.43. The molecule has 1 saturated heterocycles. The van der Waals surface area contributed by atoms with Gasteiger partial charge in [-0.25, -0.2) is 4.98 Å². The molecule has 4 heteroatoms. The van der Waals surface area contributed by atoms with E-state index in [-0.39, 0.29) is 0 Å². The highest BCUT2D eigenvalue weighted by Crippen LogP contribution is 2.16. The summed E-state index contributed by atoms with van der Waals surface area (Å²) >= 11 is 0. The number of rotatable bonds is 4. The van der Waals surface area contributed by atoms with E-state index in [4.69, 9.17) is 10.00 Å². The maximum atomic E-state index is 8.86. The molecule has 2 heterocycles. The number of aromatic nitrogens is 1. The van der Waals surface area contributed by atoms with E-state index in [0.29, 0.717) is 11.5 Å². The van der Waals surface area contributed by atoms with Gasteiger partial charge in [0.2, 0.25) is 0 Å². The number of pyridine rings is 1. The summed E-state index contributed by atoms with van der Waals surface area (Å²) in [5, 5.41) is 12.1. The number of nitrogens with one attached hydrogen (secondary N) is 1. The van der Waals surface area contributed by atoms with Gasteiger partial charge in [-0.2, -0.15) is 5.26 Å². The second-order valence-corrected chi connectivity index (χ2v) is 4.44. The molecular formula is C13H17N3O. The molecule has 1 fully saturated rings. The van der Waals surface area contributed by atoms with E-state index in [1.54, 1.807) is 12.1 Å². The lowest BCUT2D eigenvalue weighted by Gasteiger charge is -2.09. The van der Waals surface area contributed by atoms with Gasteiger partial charge in [-0.1, -0.05) is 0 Å². The van der Waals surface area contributed by atoms with Crippen LogP contribution in [0.3, 0.4) is 0 Å². The molecule has 0 radical (unpaired) electrons. The second-order valence-electron chi connectivity index (χ2n) is 4.44. The predicted molar refractivity (Wildman–Crippen MR) is 65.7 cm³/mol. The van der Waals surface area contributed by atoms with Crippen LogP contribution in [0.5, 0.6) is 0 Å². The number of hydrogen-bond acceptors (Lipinski definition) is 4. The number of aryl methyl sites for hydroxylation is 1. The largest absolute Gasteiger partial charge is 0.381 e. The number of hydrogen-bond donors (Lipinski definition) is 1. The molecule has 1 aromatic rings. The Kier molecular flexibility index (Phi) is 3.94. The van der Waals surface area contributed by atoms with Crippen molar-refractivity contribution in [1.29, 1.82) is 5.26 Å². The summed E-state index contributed by atoms with van der Waals surface area (Å²) in [6, 6.07) is 5.72. The van der Waals surface area contributed by atoms with Crippen LogP contribution in [-0.4, -0.2) is 24.7 Å². The van der Waals surface area contributed by atoms with Crippen molar-refractivity contribution >= 4 is 5.82 Å². The van der Waals surface area contributed by atoms with E-state index in [0.717, 1.165) is 44.1 Å². The quantitative estimate of drug-likeness (QED) is 0.862. The molecule has 90 valence electrons. The van der Waals surface area contributed by atoms with Crippen LogP contribution in [0.15, 0.2) is 12.1 Å². The SMILES string of the molecule is Cc1cc(C#N)cc(NCCC2CCOC2)n1. The summed E-state index contributed by atoms with van der Waals surface area (Å²) in [6.07, 6.45) is 2.25. The van der Waals surface area contributed by atoms with Crippen LogP contribution in [0.2, 0.25) is 0 Å². The Bertz CT molecular complexity index is 419. The maximum Gasteiger partial charge on any atom is 0.127 e. The molecule has 1 aliphatic heterocycles. The fourth-order valence-corrected chi connectivity index (χ4v) is 2.04. The number of ether oxygens (including phenoxy) is 1. The van der Waals surface area contributed by atoms with Gasteiger partial charge in [-0.3, -0.25) is 0 Å². The lowest BCUT2D eigenvalue weighted by atomic mass is 10.1.